The Morgan fingerprint density at radius 3 is 2.71 bits per heavy atom. The van der Waals surface area contributed by atoms with E-state index >= 15 is 0 Å². The Morgan fingerprint density at radius 2 is 1.97 bits per heavy atom. The Morgan fingerprint density at radius 1 is 1.21 bits per heavy atom. The number of phenolic OH excluding ortho intramolecular Hbond substituents is 1. The summed E-state index contributed by atoms with van der Waals surface area (Å²) in [5.41, 5.74) is 1.20. The minimum absolute atomic E-state index is 0.0651. The molecule has 4 aromatic rings. The number of nitrogens with zero attached hydrogens (tertiary/aromatic N) is 2. The van der Waals surface area contributed by atoms with Gasteiger partial charge in [0.05, 0.1) is 34.5 Å². The van der Waals surface area contributed by atoms with Gasteiger partial charge in [0.25, 0.3) is 5.56 Å². The number of phenols is 1. The van der Waals surface area contributed by atoms with Gasteiger partial charge in [0.15, 0.2) is 4.80 Å². The van der Waals surface area contributed by atoms with Crippen LogP contribution in [0.3, 0.4) is 0 Å². The van der Waals surface area contributed by atoms with Crippen LogP contribution < -0.4 is 19.6 Å². The number of methoxy groups -OCH3 is 1. The third-order valence-corrected chi connectivity index (χ3v) is 7.77. The molecule has 0 fully saturated rings. The van der Waals surface area contributed by atoms with Gasteiger partial charge in [-0.2, -0.15) is 0 Å². The van der Waals surface area contributed by atoms with E-state index in [1.165, 1.54) is 22.8 Å². The van der Waals surface area contributed by atoms with Crippen LogP contribution in [0.25, 0.3) is 16.8 Å². The van der Waals surface area contributed by atoms with Crippen LogP contribution in [-0.4, -0.2) is 29.4 Å². The summed E-state index contributed by atoms with van der Waals surface area (Å²) in [6.07, 6.45) is 1.51. The number of hydrogen-bond donors (Lipinski definition) is 1. The number of fused-ring (bicyclic) bond motifs is 2. The molecule has 1 aliphatic heterocycles. The molecule has 10 heteroatoms. The Balaban J connectivity index is 1.86. The molecule has 0 bridgehead atoms. The van der Waals surface area contributed by atoms with Crippen LogP contribution in [0.4, 0.5) is 0 Å². The zero-order valence-corrected chi connectivity index (χ0v) is 22.9. The summed E-state index contributed by atoms with van der Waals surface area (Å²) in [5, 5.41) is 12.6. The molecule has 0 amide bonds. The molecule has 1 aliphatic rings. The predicted molar refractivity (Wildman–Crippen MR) is 149 cm³/mol. The number of ether oxygens (including phenoxy) is 2. The topological polar surface area (TPSA) is 90.1 Å². The van der Waals surface area contributed by atoms with E-state index in [1.54, 1.807) is 21.0 Å². The summed E-state index contributed by atoms with van der Waals surface area (Å²) in [7, 11) is 1.55. The summed E-state index contributed by atoms with van der Waals surface area (Å²) in [6, 6.07) is 13.5. The minimum Gasteiger partial charge on any atom is -0.506 e. The zero-order valence-electron chi connectivity index (χ0n) is 20.6. The van der Waals surface area contributed by atoms with E-state index in [-0.39, 0.29) is 33.0 Å². The van der Waals surface area contributed by atoms with Crippen molar-refractivity contribution < 1.29 is 19.4 Å². The van der Waals surface area contributed by atoms with Crippen molar-refractivity contribution in [2.75, 3.05) is 13.7 Å². The van der Waals surface area contributed by atoms with Crippen molar-refractivity contribution >= 4 is 57.4 Å². The molecule has 1 N–H and O–H groups in total. The fraction of sp³-hybridized carbons (Fsp3) is 0.179. The molecule has 0 aliphatic carbocycles. The lowest BCUT2D eigenvalue weighted by molar-refractivity contribution is -0.139. The number of halogens is 2. The minimum atomic E-state index is -0.870. The van der Waals surface area contributed by atoms with E-state index in [0.717, 1.165) is 22.1 Å². The lowest BCUT2D eigenvalue weighted by atomic mass is 9.90. The van der Waals surface area contributed by atoms with Crippen molar-refractivity contribution in [3.8, 4) is 11.5 Å². The van der Waals surface area contributed by atoms with Gasteiger partial charge in [0.1, 0.15) is 17.5 Å². The van der Waals surface area contributed by atoms with Gasteiger partial charge < -0.3 is 14.6 Å². The summed E-state index contributed by atoms with van der Waals surface area (Å²) in [5.74, 6) is -0.251. The molecule has 0 radical (unpaired) electrons. The molecule has 7 nitrogen and oxygen atoms in total. The number of thiazole rings is 1. The predicted octanol–water partition coefficient (Wildman–Crippen LogP) is 4.97. The maximum absolute atomic E-state index is 14.0. The molecule has 0 unspecified atom stereocenters. The summed E-state index contributed by atoms with van der Waals surface area (Å²) >= 11 is 13.4. The average Bonchev–Trinajstić information content (AvgIpc) is 3.19. The van der Waals surface area contributed by atoms with Crippen LogP contribution in [-0.2, 0) is 9.53 Å². The van der Waals surface area contributed by atoms with Crippen LogP contribution in [0.5, 0.6) is 11.5 Å². The van der Waals surface area contributed by atoms with Crippen molar-refractivity contribution in [2.24, 2.45) is 4.99 Å². The summed E-state index contributed by atoms with van der Waals surface area (Å²) in [6.45, 7) is 3.60. The fourth-order valence-corrected chi connectivity index (χ4v) is 6.18. The van der Waals surface area contributed by atoms with Crippen LogP contribution in [0.15, 0.2) is 69.6 Å². The highest BCUT2D eigenvalue weighted by atomic mass is 35.5. The Kier molecular flexibility index (Phi) is 7.05. The number of aromatic nitrogens is 1. The smallest absolute Gasteiger partial charge is 0.338 e. The SMILES string of the molecule is CCOC(=O)C1=C(C)N=c2s/c(=C/c3cc(Cl)cc(Cl)c3O)c(=O)n2[C@H]1c1c(OC)ccc2ccccc12. The molecule has 2 heterocycles. The number of carbonyl (C=O) groups is 1. The van der Waals surface area contributed by atoms with Crippen LogP contribution >= 0.6 is 34.5 Å². The maximum Gasteiger partial charge on any atom is 0.338 e. The molecule has 5 rings (SSSR count). The third kappa shape index (κ3) is 4.38. The number of hydrogen-bond acceptors (Lipinski definition) is 7. The van der Waals surface area contributed by atoms with Crippen molar-refractivity contribution in [1.82, 2.24) is 4.57 Å². The molecule has 1 atom stereocenters. The summed E-state index contributed by atoms with van der Waals surface area (Å²) in [4.78, 5) is 32.3. The Hall–Kier alpha value is -3.59. The molecule has 194 valence electrons. The highest BCUT2D eigenvalue weighted by molar-refractivity contribution is 7.07. The van der Waals surface area contributed by atoms with Crippen molar-refractivity contribution in [1.29, 1.82) is 0 Å². The number of allylic oxidation sites excluding steroid dienone is 1. The third-order valence-electron chi connectivity index (χ3n) is 6.29. The van der Waals surface area contributed by atoms with Gasteiger partial charge in [0, 0.05) is 16.1 Å². The average molecular weight is 569 g/mol. The second-order valence-electron chi connectivity index (χ2n) is 8.53. The highest BCUT2D eigenvalue weighted by Gasteiger charge is 2.36. The van der Waals surface area contributed by atoms with Gasteiger partial charge in [-0.25, -0.2) is 9.79 Å². The first-order valence-corrected chi connectivity index (χ1v) is 13.3. The number of rotatable bonds is 5. The Bertz CT molecular complexity index is 1820. The molecule has 0 spiro atoms. The van der Waals surface area contributed by atoms with Gasteiger partial charge in [-0.15, -0.1) is 0 Å². The normalized spacial score (nSPS) is 15.4. The molecule has 38 heavy (non-hydrogen) atoms. The van der Waals surface area contributed by atoms with E-state index < -0.39 is 17.6 Å². The lowest BCUT2D eigenvalue weighted by Crippen LogP contribution is -2.40. The second-order valence-corrected chi connectivity index (χ2v) is 10.4. The monoisotopic (exact) mass is 568 g/mol. The maximum atomic E-state index is 14.0. The van der Waals surface area contributed by atoms with E-state index in [4.69, 9.17) is 32.7 Å². The fourth-order valence-electron chi connectivity index (χ4n) is 4.64. The van der Waals surface area contributed by atoms with Crippen molar-refractivity contribution in [2.45, 2.75) is 19.9 Å². The highest BCUT2D eigenvalue weighted by Crippen LogP contribution is 2.40. The first-order chi connectivity index (χ1) is 18.2. The molecular formula is C28H22Cl2N2O5S. The lowest BCUT2D eigenvalue weighted by Gasteiger charge is -2.27. The number of carbonyl (C=O) groups excluding carboxylic acids is 1. The van der Waals surface area contributed by atoms with Gasteiger partial charge >= 0.3 is 5.97 Å². The quantitative estimate of drug-likeness (QED) is 0.343. The van der Waals surface area contributed by atoms with Crippen molar-refractivity contribution in [3.05, 3.63) is 101 Å². The number of benzene rings is 3. The zero-order chi connectivity index (χ0) is 27.1. The molecule has 3 aromatic carbocycles. The van der Waals surface area contributed by atoms with E-state index in [0.29, 0.717) is 26.8 Å². The first-order valence-electron chi connectivity index (χ1n) is 11.7. The van der Waals surface area contributed by atoms with Crippen LogP contribution in [0.2, 0.25) is 10.0 Å². The number of aromatic hydroxyl groups is 1. The van der Waals surface area contributed by atoms with Gasteiger partial charge in [-0.1, -0.05) is 64.9 Å². The molecule has 0 saturated carbocycles. The van der Waals surface area contributed by atoms with E-state index in [9.17, 15) is 14.7 Å². The molecule has 1 aromatic heterocycles. The van der Waals surface area contributed by atoms with Gasteiger partial charge in [0.2, 0.25) is 0 Å². The number of esters is 1. The van der Waals surface area contributed by atoms with Gasteiger partial charge in [-0.05, 0) is 48.9 Å². The van der Waals surface area contributed by atoms with Crippen LogP contribution in [0.1, 0.15) is 31.0 Å². The molecular weight excluding hydrogens is 547 g/mol. The standard InChI is InChI=1S/C28H22Cl2N2O5S/c1-4-37-27(35)22-14(2)31-28-32(24(22)23-18-8-6-5-7-15(18)9-10-20(23)36-3)26(34)21(38-28)12-16-11-17(29)13-19(30)25(16)33/h5-13,24,33H,4H2,1-3H3/b21-12+/t24-/m1/s1. The second kappa shape index (κ2) is 10.3. The summed E-state index contributed by atoms with van der Waals surface area (Å²) < 4.78 is 12.9. The van der Waals surface area contributed by atoms with Crippen LogP contribution in [0, 0.1) is 0 Å². The van der Waals surface area contributed by atoms with E-state index in [1.807, 2.05) is 36.4 Å². The largest absolute Gasteiger partial charge is 0.506 e. The van der Waals surface area contributed by atoms with Gasteiger partial charge in [-0.3, -0.25) is 9.36 Å². The first kappa shape index (κ1) is 26.0. The van der Waals surface area contributed by atoms with Crippen molar-refractivity contribution in [3.63, 3.8) is 0 Å². The van der Waals surface area contributed by atoms with E-state index in [2.05, 4.69) is 4.99 Å². The Labute approximate surface area is 231 Å². The molecule has 0 saturated heterocycles.